The molecule has 0 radical (unpaired) electrons. The summed E-state index contributed by atoms with van der Waals surface area (Å²) in [5.74, 6) is -0.122. The van der Waals surface area contributed by atoms with Gasteiger partial charge in [-0.15, -0.1) is 0 Å². The van der Waals surface area contributed by atoms with E-state index in [0.29, 0.717) is 18.7 Å². The lowest BCUT2D eigenvalue weighted by Gasteiger charge is -2.21. The number of rotatable bonds is 13. The zero-order valence-corrected chi connectivity index (χ0v) is 22.8. The number of carbonyl (C=O) groups excluding carboxylic acids is 2. The van der Waals surface area contributed by atoms with Gasteiger partial charge >= 0.3 is 5.97 Å². The topological polar surface area (TPSA) is 91.2 Å². The monoisotopic (exact) mass is 485 g/mol. The summed E-state index contributed by atoms with van der Waals surface area (Å²) in [5.41, 5.74) is 5.11. The Morgan fingerprint density at radius 1 is 1.20 bits per heavy atom. The molecule has 0 aliphatic heterocycles. The minimum Gasteiger partial charge on any atom is -0.464 e. The Labute approximate surface area is 211 Å². The van der Waals surface area contributed by atoms with Crippen LogP contribution in [0.3, 0.4) is 0 Å². The third-order valence-corrected chi connectivity index (χ3v) is 5.14. The zero-order chi connectivity index (χ0) is 26.7. The normalized spacial score (nSPS) is 14.8. The summed E-state index contributed by atoms with van der Waals surface area (Å²) in [4.78, 5) is 30.6. The molecule has 0 saturated carbocycles. The molecule has 0 amide bonds. The Bertz CT molecular complexity index is 944. The van der Waals surface area contributed by atoms with Crippen LogP contribution in [0.2, 0.25) is 0 Å². The lowest BCUT2D eigenvalue weighted by atomic mass is 9.98. The summed E-state index contributed by atoms with van der Waals surface area (Å²) in [6.07, 6.45) is 3.76. The van der Waals surface area contributed by atoms with Crippen LogP contribution < -0.4 is 5.32 Å². The van der Waals surface area contributed by atoms with E-state index in [2.05, 4.69) is 19.2 Å². The van der Waals surface area contributed by atoms with Crippen LogP contribution in [-0.4, -0.2) is 60.8 Å². The standard InChI is InChI=1S/C28H43N3O4/c1-18(2)17-35-28(34)27(22(7)33)29-14-23-11-10-21(6)25(13-23)30-26(19(3)4)24(15-31(8)9)12-20(5)16-32/h10-13,15-16,18-19,22,27,29,33H,14,17H2,1-9H3/b20-12-,24-15?,30-26?. The third kappa shape index (κ3) is 10.6. The van der Waals surface area contributed by atoms with Crippen molar-refractivity contribution in [3.05, 3.63) is 52.7 Å². The number of aliphatic hydroxyl groups is 1. The molecular formula is C28H43N3O4. The molecule has 0 aliphatic rings. The Hall–Kier alpha value is -2.77. The molecule has 1 aromatic rings. The van der Waals surface area contributed by atoms with Gasteiger partial charge in [0.1, 0.15) is 12.3 Å². The van der Waals surface area contributed by atoms with Gasteiger partial charge in [-0.1, -0.05) is 39.8 Å². The van der Waals surface area contributed by atoms with Gasteiger partial charge in [0, 0.05) is 32.4 Å². The van der Waals surface area contributed by atoms with E-state index >= 15 is 0 Å². The van der Waals surface area contributed by atoms with Crippen molar-refractivity contribution in [2.24, 2.45) is 16.8 Å². The van der Waals surface area contributed by atoms with Gasteiger partial charge in [-0.3, -0.25) is 19.9 Å². The Balaban J connectivity index is 3.28. The largest absolute Gasteiger partial charge is 0.464 e. The number of aryl methyl sites for hydroxylation is 1. The predicted molar refractivity (Wildman–Crippen MR) is 143 cm³/mol. The van der Waals surface area contributed by atoms with Gasteiger partial charge in [0.2, 0.25) is 0 Å². The van der Waals surface area contributed by atoms with Crippen molar-refractivity contribution in [3.8, 4) is 0 Å². The van der Waals surface area contributed by atoms with Crippen molar-refractivity contribution in [2.45, 2.75) is 67.2 Å². The Morgan fingerprint density at radius 3 is 2.37 bits per heavy atom. The molecule has 0 heterocycles. The number of aldehydes is 1. The molecule has 0 aliphatic carbocycles. The van der Waals surface area contributed by atoms with E-state index in [1.807, 2.05) is 70.2 Å². The molecule has 35 heavy (non-hydrogen) atoms. The van der Waals surface area contributed by atoms with Gasteiger partial charge in [-0.05, 0) is 61.4 Å². The van der Waals surface area contributed by atoms with Gasteiger partial charge in [0.15, 0.2) is 0 Å². The molecule has 2 N–H and O–H groups in total. The highest BCUT2D eigenvalue weighted by atomic mass is 16.5. The van der Waals surface area contributed by atoms with E-state index < -0.39 is 18.1 Å². The van der Waals surface area contributed by atoms with Crippen LogP contribution in [0.25, 0.3) is 0 Å². The van der Waals surface area contributed by atoms with E-state index in [9.17, 15) is 14.7 Å². The van der Waals surface area contributed by atoms with Crippen LogP contribution in [0, 0.1) is 18.8 Å². The molecule has 2 unspecified atom stereocenters. The van der Waals surface area contributed by atoms with E-state index in [0.717, 1.165) is 34.4 Å². The quantitative estimate of drug-likeness (QED) is 0.142. The van der Waals surface area contributed by atoms with Gasteiger partial charge in [0.25, 0.3) is 0 Å². The lowest BCUT2D eigenvalue weighted by Crippen LogP contribution is -2.45. The lowest BCUT2D eigenvalue weighted by molar-refractivity contribution is -0.150. The molecule has 7 heteroatoms. The molecule has 0 saturated heterocycles. The van der Waals surface area contributed by atoms with Crippen molar-refractivity contribution in [1.82, 2.24) is 10.2 Å². The van der Waals surface area contributed by atoms with Crippen LogP contribution in [0.15, 0.2) is 46.6 Å². The Morgan fingerprint density at radius 2 is 1.86 bits per heavy atom. The molecular weight excluding hydrogens is 442 g/mol. The van der Waals surface area contributed by atoms with Gasteiger partial charge in [0.05, 0.1) is 24.1 Å². The van der Waals surface area contributed by atoms with Gasteiger partial charge < -0.3 is 14.7 Å². The smallest absolute Gasteiger partial charge is 0.325 e. The predicted octanol–water partition coefficient (Wildman–Crippen LogP) is 4.35. The van der Waals surface area contributed by atoms with E-state index in [-0.39, 0.29) is 11.8 Å². The molecule has 2 atom stereocenters. The number of aliphatic hydroxyl groups excluding tert-OH is 1. The number of hydrogen-bond acceptors (Lipinski definition) is 7. The zero-order valence-electron chi connectivity index (χ0n) is 22.8. The summed E-state index contributed by atoms with van der Waals surface area (Å²) in [6, 6.07) is 5.12. The number of carbonyl (C=O) groups is 2. The summed E-state index contributed by atoms with van der Waals surface area (Å²) < 4.78 is 5.31. The van der Waals surface area contributed by atoms with Gasteiger partial charge in [-0.25, -0.2) is 0 Å². The van der Waals surface area contributed by atoms with Crippen LogP contribution in [0.4, 0.5) is 5.69 Å². The first kappa shape index (κ1) is 30.3. The summed E-state index contributed by atoms with van der Waals surface area (Å²) in [7, 11) is 3.87. The molecule has 0 spiro atoms. The summed E-state index contributed by atoms with van der Waals surface area (Å²) in [6.45, 7) is 14.1. The maximum atomic E-state index is 12.4. The maximum absolute atomic E-state index is 12.4. The first-order chi connectivity index (χ1) is 16.3. The van der Waals surface area contributed by atoms with Crippen LogP contribution in [0.5, 0.6) is 0 Å². The average Bonchev–Trinajstić information content (AvgIpc) is 2.76. The number of allylic oxidation sites excluding steroid dienone is 3. The molecule has 0 aromatic heterocycles. The minimum atomic E-state index is -0.892. The fourth-order valence-corrected chi connectivity index (χ4v) is 3.29. The molecule has 1 aromatic carbocycles. The molecule has 7 nitrogen and oxygen atoms in total. The minimum absolute atomic E-state index is 0.119. The van der Waals surface area contributed by atoms with Crippen molar-refractivity contribution in [3.63, 3.8) is 0 Å². The number of nitrogens with one attached hydrogen (secondary N) is 1. The highest BCUT2D eigenvalue weighted by molar-refractivity contribution is 6.06. The fourth-order valence-electron chi connectivity index (χ4n) is 3.29. The van der Waals surface area contributed by atoms with E-state index in [1.165, 1.54) is 0 Å². The molecule has 0 fully saturated rings. The maximum Gasteiger partial charge on any atom is 0.325 e. The summed E-state index contributed by atoms with van der Waals surface area (Å²) >= 11 is 0. The molecule has 0 bridgehead atoms. The van der Waals surface area contributed by atoms with Crippen molar-refractivity contribution in [2.75, 3.05) is 20.7 Å². The Kier molecular flexibility index (Phi) is 12.6. The first-order valence-electron chi connectivity index (χ1n) is 12.1. The number of esters is 1. The average molecular weight is 486 g/mol. The third-order valence-electron chi connectivity index (χ3n) is 5.14. The van der Waals surface area contributed by atoms with Crippen molar-refractivity contribution < 1.29 is 19.4 Å². The van der Waals surface area contributed by atoms with E-state index in [4.69, 9.17) is 9.73 Å². The van der Waals surface area contributed by atoms with Crippen molar-refractivity contribution >= 4 is 23.7 Å². The number of aliphatic imine (C=N–C) groups is 1. The van der Waals surface area contributed by atoms with E-state index in [1.54, 1.807) is 13.8 Å². The highest BCUT2D eigenvalue weighted by Crippen LogP contribution is 2.24. The van der Waals surface area contributed by atoms with Gasteiger partial charge in [-0.2, -0.15) is 0 Å². The second kappa shape index (κ2) is 14.6. The SMILES string of the molecule is C/C(C=O)=C/C(=CN(C)C)C(=Nc1cc(CNC(C(=O)OCC(C)C)C(C)O)ccc1C)C(C)C. The number of benzene rings is 1. The molecule has 194 valence electrons. The van der Waals surface area contributed by atoms with Crippen LogP contribution >= 0.6 is 0 Å². The number of nitrogens with zero attached hydrogens (tertiary/aromatic N) is 2. The number of hydrogen-bond donors (Lipinski definition) is 2. The second-order valence-electron chi connectivity index (χ2n) is 9.95. The van der Waals surface area contributed by atoms with Crippen LogP contribution in [-0.2, 0) is 20.9 Å². The molecule has 1 rings (SSSR count). The second-order valence-corrected chi connectivity index (χ2v) is 9.95. The number of ether oxygens (including phenoxy) is 1. The fraction of sp³-hybridized carbons (Fsp3) is 0.536. The highest BCUT2D eigenvalue weighted by Gasteiger charge is 2.25. The summed E-state index contributed by atoms with van der Waals surface area (Å²) in [5, 5.41) is 13.2. The van der Waals surface area contributed by atoms with Crippen molar-refractivity contribution in [1.29, 1.82) is 0 Å². The first-order valence-corrected chi connectivity index (χ1v) is 12.1. The van der Waals surface area contributed by atoms with Crippen LogP contribution in [0.1, 0.15) is 52.7 Å².